The molecule has 4 nitrogen and oxygen atoms in total. The molecule has 1 saturated heterocycles. The normalized spacial score (nSPS) is 50.0. The maximum absolute atomic E-state index is 11.3. The predicted octanol–water partition coefficient (Wildman–Crippen LogP) is 3.42. The van der Waals surface area contributed by atoms with Crippen LogP contribution in [0.25, 0.3) is 0 Å². The highest BCUT2D eigenvalue weighted by molar-refractivity contribution is 5.49. The molecule has 0 saturated carbocycles. The second-order valence-corrected chi connectivity index (χ2v) is 5.82. The van der Waals surface area contributed by atoms with Gasteiger partial charge in [0.1, 0.15) is 0 Å². The van der Waals surface area contributed by atoms with Crippen molar-refractivity contribution in [2.24, 2.45) is 11.3 Å². The lowest BCUT2D eigenvalue weighted by atomic mass is 9.75. The lowest BCUT2D eigenvalue weighted by Gasteiger charge is -2.47. The fraction of sp³-hybridized carbons (Fsp3) is 0.700. The Morgan fingerprint density at radius 3 is 2.96 bits per heavy atom. The van der Waals surface area contributed by atoms with Gasteiger partial charge in [-0.3, -0.25) is 4.90 Å². The van der Waals surface area contributed by atoms with Crippen molar-refractivity contribution in [1.82, 2.24) is 4.90 Å². The summed E-state index contributed by atoms with van der Waals surface area (Å²) in [6.45, 7) is -13.8. The molecule has 3 unspecified atom stereocenters. The molecule has 1 aromatic rings. The molecule has 2 heterocycles. The third kappa shape index (κ3) is 3.40. The van der Waals surface area contributed by atoms with Gasteiger partial charge in [0.25, 0.3) is 0 Å². The monoisotopic (exact) mass is 351 g/mol. The molecule has 2 aliphatic heterocycles. The van der Waals surface area contributed by atoms with Crippen molar-refractivity contribution in [2.45, 2.75) is 51.9 Å². The van der Waals surface area contributed by atoms with Crippen LogP contribution in [0.2, 0.25) is 0 Å². The Morgan fingerprint density at radius 2 is 2.25 bits per heavy atom. The number of ether oxygens (including phenoxy) is 2. The van der Waals surface area contributed by atoms with Crippen molar-refractivity contribution in [3.63, 3.8) is 0 Å². The van der Waals surface area contributed by atoms with Crippen LogP contribution < -0.4 is 9.47 Å². The second-order valence-electron chi connectivity index (χ2n) is 5.82. The van der Waals surface area contributed by atoms with Crippen molar-refractivity contribution in [1.29, 1.82) is 0 Å². The van der Waals surface area contributed by atoms with E-state index in [1.807, 2.05) is 0 Å². The lowest BCUT2D eigenvalue weighted by molar-refractivity contribution is -0.0259. The minimum atomic E-state index is -3.63. The first kappa shape index (κ1) is 5.88. The van der Waals surface area contributed by atoms with Gasteiger partial charge in [0.2, 0.25) is 0 Å². The number of hydrogen-bond donors (Lipinski definition) is 1. The maximum Gasteiger partial charge on any atom is 0.161 e. The third-order valence-electron chi connectivity index (χ3n) is 3.80. The quantitative estimate of drug-likeness (QED) is 0.906. The van der Waals surface area contributed by atoms with E-state index < -0.39 is 93.2 Å². The molecule has 3 atom stereocenters. The van der Waals surface area contributed by atoms with Gasteiger partial charge in [-0.2, -0.15) is 0 Å². The minimum Gasteiger partial charge on any atom is -0.493 e. The summed E-state index contributed by atoms with van der Waals surface area (Å²) in [6, 6.07) is -1.02. The topological polar surface area (TPSA) is 41.9 Å². The molecule has 0 aromatic heterocycles. The van der Waals surface area contributed by atoms with Crippen LogP contribution in [0, 0.1) is 11.3 Å². The molecule has 0 bridgehead atoms. The van der Waals surface area contributed by atoms with E-state index >= 15 is 0 Å². The zero-order valence-corrected chi connectivity index (χ0v) is 13.2. The van der Waals surface area contributed by atoms with Gasteiger partial charge >= 0.3 is 0 Å². The van der Waals surface area contributed by atoms with E-state index in [-0.39, 0.29) is 10.6 Å². The van der Waals surface area contributed by atoms with Gasteiger partial charge in [0.15, 0.2) is 11.5 Å². The summed E-state index contributed by atoms with van der Waals surface area (Å²) in [5, 5.41) is 11.3. The lowest BCUT2D eigenvalue weighted by Crippen LogP contribution is -2.48. The van der Waals surface area contributed by atoms with E-state index in [1.54, 1.807) is 0 Å². The summed E-state index contributed by atoms with van der Waals surface area (Å²) < 4.78 is 159. The molecular weight excluding hydrogens is 302 g/mol. The SMILES string of the molecule is [2H]C([2H])([2H])Oc1cc2c(cc1OC)C1([2H])CC(O)C(C([2H])([2H])C(C)(C([2H])([2H])[2H])C([2H])([2H])[2H])C([2H])([2H])N1C([2H])([2H])C2([2H])[2H]. The smallest absolute Gasteiger partial charge is 0.161 e. The van der Waals surface area contributed by atoms with Crippen LogP contribution in [0.3, 0.4) is 0 Å². The van der Waals surface area contributed by atoms with Gasteiger partial charge in [-0.05, 0) is 53.8 Å². The van der Waals surface area contributed by atoms with Crippen molar-refractivity contribution in [3.05, 3.63) is 23.3 Å². The Kier molecular flexibility index (Phi) is 1.61. The zero-order valence-electron chi connectivity index (χ0n) is 31.2. The van der Waals surface area contributed by atoms with E-state index in [1.165, 1.54) is 0 Å². The molecule has 1 fully saturated rings. The third-order valence-corrected chi connectivity index (χ3v) is 3.80. The standard InChI is InChI=1S/C20H31NO3/c1-20(2,3)11-14-12-21-7-6-13-8-18(23-4)19(24-5)9-15(13)16(21)10-17(14)22/h8-9,14,16-17,22H,6-7,10-12H2,1-5H3/i1D3,2D3,4D3,6D2,7D2,11D2,12D2,16D. The minimum absolute atomic E-state index is 0.0354. The number of rotatable bonds is 3. The average molecular weight is 352 g/mol. The first-order valence-corrected chi connectivity index (χ1v) is 7.28. The van der Waals surface area contributed by atoms with E-state index in [0.29, 0.717) is 6.92 Å². The fourth-order valence-electron chi connectivity index (χ4n) is 2.74. The van der Waals surface area contributed by atoms with Crippen molar-refractivity contribution in [2.75, 3.05) is 27.1 Å². The Bertz CT molecular complexity index is 1210. The van der Waals surface area contributed by atoms with Crippen LogP contribution in [0.1, 0.15) is 75.2 Å². The second kappa shape index (κ2) is 6.57. The van der Waals surface area contributed by atoms with Crippen LogP contribution in [-0.4, -0.2) is 43.3 Å². The molecule has 2 aliphatic rings. The largest absolute Gasteiger partial charge is 0.493 e. The number of benzene rings is 1. The highest BCUT2D eigenvalue weighted by Gasteiger charge is 2.39. The molecule has 134 valence electrons. The molecule has 1 N–H and O–H groups in total. The van der Waals surface area contributed by atoms with Crippen LogP contribution in [-0.2, 0) is 6.37 Å². The molecule has 1 aromatic carbocycles. The van der Waals surface area contributed by atoms with Crippen LogP contribution in [0.15, 0.2) is 12.1 Å². The van der Waals surface area contributed by atoms with E-state index in [2.05, 4.69) is 0 Å². The van der Waals surface area contributed by atoms with Gasteiger partial charge in [0.05, 0.1) is 25.7 Å². The van der Waals surface area contributed by atoms with E-state index in [4.69, 9.17) is 32.8 Å². The number of aliphatic hydroxyl groups is 1. The number of nitrogens with zero attached hydrogens (tertiary/aromatic N) is 1. The summed E-state index contributed by atoms with van der Waals surface area (Å²) in [4.78, 5) is 0.0354. The van der Waals surface area contributed by atoms with Crippen LogP contribution in [0.4, 0.5) is 0 Å². The van der Waals surface area contributed by atoms with Gasteiger partial charge in [0, 0.05) is 38.2 Å². The highest BCUT2D eigenvalue weighted by atomic mass is 16.5. The first-order valence-electron chi connectivity index (χ1n) is 16.3. The molecule has 3 rings (SSSR count). The number of piperidine rings is 1. The Labute approximate surface area is 171 Å². The molecule has 0 amide bonds. The number of fused-ring (bicyclic) bond motifs is 3. The molecule has 0 radical (unpaired) electrons. The molecule has 0 aliphatic carbocycles. The highest BCUT2D eigenvalue weighted by Crippen LogP contribution is 2.44. The Hall–Kier alpha value is -1.26. The number of aryl methyl sites for hydroxylation is 1. The number of hydrogen-bond acceptors (Lipinski definition) is 4. The predicted molar refractivity (Wildman–Crippen MR) is 95.7 cm³/mol. The molecule has 24 heavy (non-hydrogen) atoms. The maximum atomic E-state index is 11.3. The van der Waals surface area contributed by atoms with Crippen molar-refractivity contribution < 1.29 is 39.3 Å². The average Bonchev–Trinajstić information content (AvgIpc) is 2.72. The van der Waals surface area contributed by atoms with Crippen molar-refractivity contribution >= 4 is 0 Å². The number of aliphatic hydroxyl groups excluding tert-OH is 1. The Morgan fingerprint density at radius 1 is 1.46 bits per heavy atom. The van der Waals surface area contributed by atoms with E-state index in [0.717, 1.165) is 19.2 Å². The molecular formula is C20H31NO3. The fourth-order valence-corrected chi connectivity index (χ4v) is 2.74. The van der Waals surface area contributed by atoms with Crippen LogP contribution in [0.5, 0.6) is 11.5 Å². The van der Waals surface area contributed by atoms with Crippen molar-refractivity contribution in [3.8, 4) is 11.5 Å². The Balaban J connectivity index is 2.38. The van der Waals surface area contributed by atoms with E-state index in [9.17, 15) is 6.48 Å². The zero-order chi connectivity index (χ0) is 33.1. The summed E-state index contributed by atoms with van der Waals surface area (Å²) in [7, 11) is -1.97. The summed E-state index contributed by atoms with van der Waals surface area (Å²) >= 11 is 0. The summed E-state index contributed by atoms with van der Waals surface area (Å²) in [5.74, 6) is -3.53. The van der Waals surface area contributed by atoms with Gasteiger partial charge < -0.3 is 14.6 Å². The van der Waals surface area contributed by atoms with Gasteiger partial charge in [-0.25, -0.2) is 0 Å². The molecule has 4 heteroatoms. The van der Waals surface area contributed by atoms with Crippen LogP contribution >= 0.6 is 0 Å². The van der Waals surface area contributed by atoms with Gasteiger partial charge in [-0.1, -0.05) is 20.6 Å². The van der Waals surface area contributed by atoms with Gasteiger partial charge in [-0.15, -0.1) is 0 Å². The summed E-state index contributed by atoms with van der Waals surface area (Å²) in [6.07, 6.45) is -10.2. The molecule has 0 spiro atoms. The first-order chi connectivity index (χ1) is 18.4. The number of methoxy groups -OCH3 is 2. The summed E-state index contributed by atoms with van der Waals surface area (Å²) in [5.41, 5.74) is -4.44.